The minimum Gasteiger partial charge on any atom is -0.495 e. The highest BCUT2D eigenvalue weighted by atomic mass is 79.9. The Morgan fingerprint density at radius 3 is 2.73 bits per heavy atom. The number of carbonyl (C=O) groups excluding carboxylic acids is 1. The van der Waals surface area contributed by atoms with E-state index < -0.39 is 0 Å². The second-order valence-corrected chi connectivity index (χ2v) is 7.11. The fourth-order valence-electron chi connectivity index (χ4n) is 1.94. The lowest BCUT2D eigenvalue weighted by molar-refractivity contribution is -0.116. The molecule has 120 valence electrons. The number of aryl methyl sites for hydroxylation is 1. The molecule has 0 spiro atoms. The van der Waals surface area contributed by atoms with Gasteiger partial charge in [0.2, 0.25) is 5.91 Å². The van der Waals surface area contributed by atoms with Crippen molar-refractivity contribution < 1.29 is 9.53 Å². The maximum atomic E-state index is 11.9. The van der Waals surface area contributed by atoms with Crippen LogP contribution in [0.2, 0.25) is 0 Å². The topological polar surface area (TPSA) is 64.3 Å². The van der Waals surface area contributed by atoms with Crippen LogP contribution < -0.4 is 15.8 Å². The number of hydrogen-bond donors (Lipinski definition) is 2. The van der Waals surface area contributed by atoms with Gasteiger partial charge in [0.25, 0.3) is 0 Å². The van der Waals surface area contributed by atoms with Gasteiger partial charge < -0.3 is 15.8 Å². The van der Waals surface area contributed by atoms with Crippen molar-refractivity contribution in [3.63, 3.8) is 0 Å². The third kappa shape index (κ3) is 5.51. The quantitative estimate of drug-likeness (QED) is 0.696. The molecule has 2 aromatic rings. The molecule has 1 aromatic heterocycles. The summed E-state index contributed by atoms with van der Waals surface area (Å²) in [6, 6.07) is 9.34. The van der Waals surface area contributed by atoms with E-state index in [1.165, 1.54) is 4.88 Å². The Bertz CT molecular complexity index is 634. The van der Waals surface area contributed by atoms with Crippen molar-refractivity contribution in [3.8, 4) is 5.75 Å². The average Bonchev–Trinajstić information content (AvgIpc) is 2.84. The Balaban J connectivity index is 0.00000242. The van der Waals surface area contributed by atoms with E-state index in [1.54, 1.807) is 36.6 Å². The van der Waals surface area contributed by atoms with Crippen LogP contribution in [0.25, 0.3) is 0 Å². The lowest BCUT2D eigenvalue weighted by Gasteiger charge is -2.08. The molecule has 0 fully saturated rings. The maximum Gasteiger partial charge on any atom is 0.224 e. The smallest absolute Gasteiger partial charge is 0.224 e. The van der Waals surface area contributed by atoms with Crippen LogP contribution in [-0.4, -0.2) is 13.0 Å². The lowest BCUT2D eigenvalue weighted by Crippen LogP contribution is -2.11. The molecule has 22 heavy (non-hydrogen) atoms. The third-order valence-electron chi connectivity index (χ3n) is 2.97. The van der Waals surface area contributed by atoms with E-state index in [0.29, 0.717) is 23.5 Å². The number of nitrogen functional groups attached to an aromatic ring is 1. The summed E-state index contributed by atoms with van der Waals surface area (Å²) in [5, 5.41) is 2.85. The van der Waals surface area contributed by atoms with Crippen molar-refractivity contribution >= 4 is 57.0 Å². The van der Waals surface area contributed by atoms with Crippen molar-refractivity contribution in [2.24, 2.45) is 0 Å². The molecule has 0 bridgehead atoms. The zero-order valence-corrected chi connectivity index (χ0v) is 15.3. The second kappa shape index (κ2) is 9.02. The first-order valence-electron chi connectivity index (χ1n) is 6.56. The second-order valence-electron chi connectivity index (χ2n) is 4.56. The van der Waals surface area contributed by atoms with Crippen molar-refractivity contribution in [1.82, 2.24) is 0 Å². The summed E-state index contributed by atoms with van der Waals surface area (Å²) in [5.74, 6) is 0.603. The molecule has 4 nitrogen and oxygen atoms in total. The van der Waals surface area contributed by atoms with Gasteiger partial charge in [-0.05, 0) is 59.1 Å². The van der Waals surface area contributed by atoms with Crippen molar-refractivity contribution in [1.29, 1.82) is 0 Å². The molecular formula is C15H18BrClN2O2S. The Kier molecular flexibility index (Phi) is 7.72. The number of halogens is 2. The normalized spacial score (nSPS) is 9.91. The highest BCUT2D eigenvalue weighted by Gasteiger charge is 2.06. The molecule has 2 rings (SSSR count). The number of benzene rings is 1. The van der Waals surface area contributed by atoms with E-state index >= 15 is 0 Å². The molecule has 0 aliphatic heterocycles. The number of carbonyl (C=O) groups is 1. The van der Waals surface area contributed by atoms with E-state index in [-0.39, 0.29) is 18.3 Å². The highest BCUT2D eigenvalue weighted by Crippen LogP contribution is 2.25. The van der Waals surface area contributed by atoms with Gasteiger partial charge in [0.05, 0.1) is 16.6 Å². The predicted octanol–water partition coefficient (Wildman–Crippen LogP) is 4.48. The number of amides is 1. The predicted molar refractivity (Wildman–Crippen MR) is 98.2 cm³/mol. The third-order valence-corrected chi connectivity index (χ3v) is 4.65. The van der Waals surface area contributed by atoms with Gasteiger partial charge in [0, 0.05) is 17.0 Å². The number of nitrogens with one attached hydrogen (secondary N) is 1. The number of anilines is 2. The van der Waals surface area contributed by atoms with Crippen LogP contribution >= 0.6 is 39.7 Å². The highest BCUT2D eigenvalue weighted by molar-refractivity contribution is 9.11. The van der Waals surface area contributed by atoms with Gasteiger partial charge in [-0.15, -0.1) is 23.7 Å². The van der Waals surface area contributed by atoms with Crippen LogP contribution in [0.3, 0.4) is 0 Å². The summed E-state index contributed by atoms with van der Waals surface area (Å²) >= 11 is 5.14. The van der Waals surface area contributed by atoms with E-state index in [4.69, 9.17) is 10.5 Å². The number of thiophene rings is 1. The molecule has 0 saturated carbocycles. The summed E-state index contributed by atoms with van der Waals surface area (Å²) in [4.78, 5) is 13.2. The summed E-state index contributed by atoms with van der Waals surface area (Å²) < 4.78 is 6.20. The van der Waals surface area contributed by atoms with Gasteiger partial charge in [-0.1, -0.05) is 0 Å². The van der Waals surface area contributed by atoms with Gasteiger partial charge in [-0.25, -0.2) is 0 Å². The SMILES string of the molecule is COc1ccc(NC(=O)CCCc2ccc(Br)s2)cc1N.Cl. The van der Waals surface area contributed by atoms with Gasteiger partial charge in [0.1, 0.15) is 5.75 Å². The first-order valence-corrected chi connectivity index (χ1v) is 8.17. The molecule has 0 aliphatic carbocycles. The standard InChI is InChI=1S/C15H17BrN2O2S.ClH/c1-20-13-7-5-10(9-12(13)17)18-15(19)4-2-3-11-6-8-14(16)21-11;/h5-9H,2-4,17H2,1H3,(H,18,19);1H. The van der Waals surface area contributed by atoms with Gasteiger partial charge >= 0.3 is 0 Å². The Morgan fingerprint density at radius 1 is 1.36 bits per heavy atom. The molecule has 0 unspecified atom stereocenters. The zero-order valence-electron chi connectivity index (χ0n) is 12.1. The van der Waals surface area contributed by atoms with Gasteiger partial charge in [-0.2, -0.15) is 0 Å². The summed E-state index contributed by atoms with van der Waals surface area (Å²) in [6.45, 7) is 0. The van der Waals surface area contributed by atoms with E-state index in [2.05, 4.69) is 27.3 Å². The minimum atomic E-state index is -0.00445. The molecule has 0 saturated heterocycles. The molecule has 0 aliphatic rings. The number of methoxy groups -OCH3 is 1. The fourth-order valence-corrected chi connectivity index (χ4v) is 3.47. The monoisotopic (exact) mass is 404 g/mol. The Labute approximate surface area is 148 Å². The molecule has 7 heteroatoms. The molecule has 1 heterocycles. The van der Waals surface area contributed by atoms with E-state index in [0.717, 1.165) is 16.6 Å². The van der Waals surface area contributed by atoms with E-state index in [1.807, 2.05) is 6.07 Å². The minimum absolute atomic E-state index is 0. The Morgan fingerprint density at radius 2 is 2.14 bits per heavy atom. The number of rotatable bonds is 6. The lowest BCUT2D eigenvalue weighted by atomic mass is 10.2. The summed E-state index contributed by atoms with van der Waals surface area (Å²) in [6.07, 6.45) is 2.22. The molecule has 3 N–H and O–H groups in total. The Hall–Kier alpha value is -1.24. The van der Waals surface area contributed by atoms with Crippen molar-refractivity contribution in [3.05, 3.63) is 39.0 Å². The number of hydrogen-bond acceptors (Lipinski definition) is 4. The maximum absolute atomic E-state index is 11.9. The first-order chi connectivity index (χ1) is 10.1. The summed E-state index contributed by atoms with van der Waals surface area (Å²) in [7, 11) is 1.56. The molecular weight excluding hydrogens is 388 g/mol. The fraction of sp³-hybridized carbons (Fsp3) is 0.267. The average molecular weight is 406 g/mol. The van der Waals surface area contributed by atoms with Gasteiger partial charge in [0.15, 0.2) is 0 Å². The van der Waals surface area contributed by atoms with Crippen LogP contribution in [0.5, 0.6) is 5.75 Å². The molecule has 1 amide bonds. The zero-order chi connectivity index (χ0) is 15.2. The van der Waals surface area contributed by atoms with Crippen LogP contribution in [0, 0.1) is 0 Å². The van der Waals surface area contributed by atoms with Gasteiger partial charge in [-0.3, -0.25) is 4.79 Å². The van der Waals surface area contributed by atoms with Crippen LogP contribution in [0.4, 0.5) is 11.4 Å². The number of ether oxygens (including phenoxy) is 1. The van der Waals surface area contributed by atoms with Crippen LogP contribution in [0.1, 0.15) is 17.7 Å². The van der Waals surface area contributed by atoms with E-state index in [9.17, 15) is 4.79 Å². The van der Waals surface area contributed by atoms with Crippen LogP contribution in [0.15, 0.2) is 34.1 Å². The molecule has 1 aromatic carbocycles. The largest absolute Gasteiger partial charge is 0.495 e. The first kappa shape index (κ1) is 18.8. The summed E-state index contributed by atoms with van der Waals surface area (Å²) in [5.41, 5.74) is 7.01. The van der Waals surface area contributed by atoms with Crippen molar-refractivity contribution in [2.75, 3.05) is 18.2 Å². The molecule has 0 radical (unpaired) electrons. The van der Waals surface area contributed by atoms with Crippen LogP contribution in [-0.2, 0) is 11.2 Å². The molecule has 0 atom stereocenters. The van der Waals surface area contributed by atoms with Crippen molar-refractivity contribution in [2.45, 2.75) is 19.3 Å². The number of nitrogens with two attached hydrogens (primary N) is 1.